The predicted octanol–water partition coefficient (Wildman–Crippen LogP) is 3.70. The van der Waals surface area contributed by atoms with Crippen LogP contribution in [0.4, 0.5) is 13.2 Å². The first-order valence-corrected chi connectivity index (χ1v) is 9.32. The Morgan fingerprint density at radius 1 is 1.32 bits per heavy atom. The molecule has 28 heavy (non-hydrogen) atoms. The zero-order chi connectivity index (χ0) is 19.7. The van der Waals surface area contributed by atoms with Gasteiger partial charge < -0.3 is 15.4 Å². The summed E-state index contributed by atoms with van der Waals surface area (Å²) in [6, 6.07) is 3.28. The van der Waals surface area contributed by atoms with Crippen LogP contribution in [-0.4, -0.2) is 41.8 Å². The standard InChI is InChI=1S/C17H22F3N5OS.HI/c1-3-21-16(23-8-6-14-10-27-12(2)25-14)24-9-13-5-4-7-22-15(13)26-11-17(18,19)20;/h4-5,7,10H,3,6,8-9,11H2,1-2H3,(H2,21,23,24);1H. The summed E-state index contributed by atoms with van der Waals surface area (Å²) in [7, 11) is 0. The Balaban J connectivity index is 0.00000392. The number of alkyl halides is 3. The first kappa shape index (κ1) is 24.4. The normalized spacial score (nSPS) is 11.7. The second-order valence-electron chi connectivity index (χ2n) is 5.60. The Labute approximate surface area is 183 Å². The topological polar surface area (TPSA) is 71.4 Å². The molecule has 11 heteroatoms. The van der Waals surface area contributed by atoms with Gasteiger partial charge in [0.1, 0.15) is 0 Å². The highest BCUT2D eigenvalue weighted by atomic mass is 127. The summed E-state index contributed by atoms with van der Waals surface area (Å²) in [6.07, 6.45) is -2.28. The second-order valence-corrected chi connectivity index (χ2v) is 6.66. The van der Waals surface area contributed by atoms with E-state index in [-0.39, 0.29) is 36.4 Å². The number of hydrogen-bond acceptors (Lipinski definition) is 5. The summed E-state index contributed by atoms with van der Waals surface area (Å²) >= 11 is 1.60. The van der Waals surface area contributed by atoms with Gasteiger partial charge in [0.2, 0.25) is 5.88 Å². The number of aromatic nitrogens is 2. The van der Waals surface area contributed by atoms with Gasteiger partial charge in [0, 0.05) is 36.7 Å². The molecule has 0 unspecified atom stereocenters. The van der Waals surface area contributed by atoms with E-state index in [2.05, 4.69) is 25.6 Å². The van der Waals surface area contributed by atoms with Gasteiger partial charge in [-0.15, -0.1) is 35.3 Å². The molecule has 0 aliphatic heterocycles. The average Bonchev–Trinajstić information content (AvgIpc) is 3.03. The third-order valence-electron chi connectivity index (χ3n) is 3.31. The molecule has 0 saturated carbocycles. The minimum atomic E-state index is -4.41. The lowest BCUT2D eigenvalue weighted by atomic mass is 10.3. The van der Waals surface area contributed by atoms with E-state index < -0.39 is 12.8 Å². The first-order chi connectivity index (χ1) is 12.9. The lowest BCUT2D eigenvalue weighted by Gasteiger charge is -2.13. The van der Waals surface area contributed by atoms with Crippen LogP contribution < -0.4 is 15.4 Å². The molecule has 2 N–H and O–H groups in total. The Kier molecular flexibility index (Phi) is 10.5. The molecule has 0 aliphatic rings. The van der Waals surface area contributed by atoms with Gasteiger partial charge in [-0.1, -0.05) is 6.07 Å². The van der Waals surface area contributed by atoms with E-state index >= 15 is 0 Å². The van der Waals surface area contributed by atoms with Crippen LogP contribution in [0, 0.1) is 6.92 Å². The van der Waals surface area contributed by atoms with Crippen molar-refractivity contribution >= 4 is 41.3 Å². The number of thiazole rings is 1. The van der Waals surface area contributed by atoms with E-state index in [0.717, 1.165) is 17.1 Å². The highest BCUT2D eigenvalue weighted by Crippen LogP contribution is 2.20. The highest BCUT2D eigenvalue weighted by Gasteiger charge is 2.29. The fourth-order valence-corrected chi connectivity index (χ4v) is 2.81. The van der Waals surface area contributed by atoms with Crippen molar-refractivity contribution in [2.24, 2.45) is 4.99 Å². The molecular formula is C17H23F3IN5OS. The largest absolute Gasteiger partial charge is 0.468 e. The first-order valence-electron chi connectivity index (χ1n) is 8.44. The van der Waals surface area contributed by atoms with Crippen molar-refractivity contribution in [2.75, 3.05) is 19.7 Å². The van der Waals surface area contributed by atoms with Crippen molar-refractivity contribution in [2.45, 2.75) is 33.0 Å². The smallest absolute Gasteiger partial charge is 0.422 e. The van der Waals surface area contributed by atoms with E-state index in [0.29, 0.717) is 24.6 Å². The van der Waals surface area contributed by atoms with Crippen molar-refractivity contribution in [3.05, 3.63) is 40.0 Å². The van der Waals surface area contributed by atoms with E-state index in [1.807, 2.05) is 19.2 Å². The maximum absolute atomic E-state index is 12.4. The maximum Gasteiger partial charge on any atom is 0.422 e. The summed E-state index contributed by atoms with van der Waals surface area (Å²) in [5.74, 6) is 0.502. The van der Waals surface area contributed by atoms with E-state index in [9.17, 15) is 13.2 Å². The third-order valence-corrected chi connectivity index (χ3v) is 4.14. The van der Waals surface area contributed by atoms with Gasteiger partial charge in [0.05, 0.1) is 17.2 Å². The zero-order valence-electron chi connectivity index (χ0n) is 15.5. The Morgan fingerprint density at radius 2 is 2.11 bits per heavy atom. The van der Waals surface area contributed by atoms with Crippen LogP contribution in [0.1, 0.15) is 23.2 Å². The fourth-order valence-electron chi connectivity index (χ4n) is 2.16. The molecule has 2 aromatic rings. The molecule has 0 aliphatic carbocycles. The number of aryl methyl sites for hydroxylation is 1. The minimum absolute atomic E-state index is 0. The molecule has 156 valence electrons. The molecule has 2 rings (SSSR count). The van der Waals surface area contributed by atoms with Crippen LogP contribution in [0.25, 0.3) is 0 Å². The highest BCUT2D eigenvalue weighted by molar-refractivity contribution is 14.0. The second kappa shape index (κ2) is 12.0. The molecule has 0 atom stereocenters. The van der Waals surface area contributed by atoms with Crippen molar-refractivity contribution in [1.82, 2.24) is 20.6 Å². The molecule has 0 aromatic carbocycles. The van der Waals surface area contributed by atoms with E-state index in [1.54, 1.807) is 23.5 Å². The van der Waals surface area contributed by atoms with E-state index in [1.165, 1.54) is 6.20 Å². The number of pyridine rings is 1. The molecule has 2 heterocycles. The fraction of sp³-hybridized carbons (Fsp3) is 0.471. The lowest BCUT2D eigenvalue weighted by Crippen LogP contribution is -2.38. The minimum Gasteiger partial charge on any atom is -0.468 e. The van der Waals surface area contributed by atoms with Gasteiger partial charge >= 0.3 is 6.18 Å². The Bertz CT molecular complexity index is 754. The molecular weight excluding hydrogens is 506 g/mol. The molecule has 6 nitrogen and oxygen atoms in total. The van der Waals surface area contributed by atoms with Crippen LogP contribution in [0.15, 0.2) is 28.7 Å². The number of guanidine groups is 1. The zero-order valence-corrected chi connectivity index (χ0v) is 18.7. The van der Waals surface area contributed by atoms with Gasteiger partial charge in [-0.3, -0.25) is 0 Å². The van der Waals surface area contributed by atoms with E-state index in [4.69, 9.17) is 4.74 Å². The number of rotatable bonds is 8. The third kappa shape index (κ3) is 9.04. The summed E-state index contributed by atoms with van der Waals surface area (Å²) in [5.41, 5.74) is 1.49. The number of ether oxygens (including phenoxy) is 1. The Hall–Kier alpha value is -1.63. The number of hydrogen-bond donors (Lipinski definition) is 2. The van der Waals surface area contributed by atoms with Crippen LogP contribution in [0.3, 0.4) is 0 Å². The maximum atomic E-state index is 12.4. The lowest BCUT2D eigenvalue weighted by molar-refractivity contribution is -0.154. The molecule has 0 radical (unpaired) electrons. The van der Waals surface area contributed by atoms with Gasteiger partial charge in [0.25, 0.3) is 0 Å². The Morgan fingerprint density at radius 3 is 2.75 bits per heavy atom. The summed E-state index contributed by atoms with van der Waals surface area (Å²) in [6.45, 7) is 3.95. The van der Waals surface area contributed by atoms with Crippen molar-refractivity contribution in [3.8, 4) is 5.88 Å². The van der Waals surface area contributed by atoms with Crippen molar-refractivity contribution in [1.29, 1.82) is 0 Å². The molecule has 2 aromatic heterocycles. The van der Waals surface area contributed by atoms with Gasteiger partial charge in [-0.2, -0.15) is 13.2 Å². The van der Waals surface area contributed by atoms with Crippen molar-refractivity contribution in [3.63, 3.8) is 0 Å². The predicted molar refractivity (Wildman–Crippen MR) is 115 cm³/mol. The van der Waals surface area contributed by atoms with Gasteiger partial charge in [-0.05, 0) is 19.9 Å². The number of halogens is 4. The quantitative estimate of drug-likeness (QED) is 0.310. The number of nitrogens with one attached hydrogen (secondary N) is 2. The van der Waals surface area contributed by atoms with Crippen LogP contribution in [-0.2, 0) is 13.0 Å². The number of aliphatic imine (C=N–C) groups is 1. The monoisotopic (exact) mass is 529 g/mol. The van der Waals surface area contributed by atoms with Gasteiger partial charge in [0.15, 0.2) is 12.6 Å². The van der Waals surface area contributed by atoms with Gasteiger partial charge in [-0.25, -0.2) is 15.0 Å². The molecule has 0 fully saturated rings. The molecule has 0 amide bonds. The summed E-state index contributed by atoms with van der Waals surface area (Å²) < 4.78 is 41.9. The van der Waals surface area contributed by atoms with Crippen molar-refractivity contribution < 1.29 is 17.9 Å². The van der Waals surface area contributed by atoms with Crippen LogP contribution in [0.5, 0.6) is 5.88 Å². The van der Waals surface area contributed by atoms with Crippen LogP contribution in [0.2, 0.25) is 0 Å². The molecule has 0 bridgehead atoms. The number of nitrogens with zero attached hydrogens (tertiary/aromatic N) is 3. The average molecular weight is 529 g/mol. The molecule has 0 saturated heterocycles. The van der Waals surface area contributed by atoms with Crippen LogP contribution >= 0.6 is 35.3 Å². The summed E-state index contributed by atoms with van der Waals surface area (Å²) in [4.78, 5) is 12.7. The summed E-state index contributed by atoms with van der Waals surface area (Å²) in [5, 5.41) is 9.32. The molecule has 0 spiro atoms. The SMILES string of the molecule is CCNC(=NCc1cccnc1OCC(F)(F)F)NCCc1csc(C)n1.I.